The maximum absolute atomic E-state index is 13.8. The molecule has 2 amide bonds. The maximum Gasteiger partial charge on any atom is 0.416 e. The van der Waals surface area contributed by atoms with Crippen molar-refractivity contribution in [1.29, 1.82) is 0 Å². The first-order chi connectivity index (χ1) is 18.8. The van der Waals surface area contributed by atoms with E-state index >= 15 is 0 Å². The summed E-state index contributed by atoms with van der Waals surface area (Å²) < 4.78 is 132. The molecule has 0 radical (unpaired) electrons. The van der Waals surface area contributed by atoms with Gasteiger partial charge in [0.25, 0.3) is 0 Å². The van der Waals surface area contributed by atoms with Crippen LogP contribution in [0.2, 0.25) is 0 Å². The normalized spacial score (nSPS) is 17.6. The van der Waals surface area contributed by atoms with E-state index in [0.717, 1.165) is 23.0 Å². The van der Waals surface area contributed by atoms with Crippen LogP contribution in [0.15, 0.2) is 30.3 Å². The summed E-state index contributed by atoms with van der Waals surface area (Å²) in [5.41, 5.74) is -5.26. The van der Waals surface area contributed by atoms with Gasteiger partial charge in [0.05, 0.1) is 42.1 Å². The molecular formula is C26H25F9N2O4. The number of carbonyl (C=O) groups excluding carboxylic acids is 2. The van der Waals surface area contributed by atoms with E-state index in [2.05, 4.69) is 0 Å². The number of alkyl halides is 9. The largest absolute Gasteiger partial charge is 0.453 e. The lowest BCUT2D eigenvalue weighted by molar-refractivity contribution is -0.143. The number of methoxy groups -OCH3 is 1. The van der Waals surface area contributed by atoms with Crippen LogP contribution < -0.4 is 4.90 Å². The third-order valence-electron chi connectivity index (χ3n) is 6.51. The Morgan fingerprint density at radius 2 is 1.41 bits per heavy atom. The fourth-order valence-corrected chi connectivity index (χ4v) is 4.82. The Labute approximate surface area is 228 Å². The predicted octanol–water partition coefficient (Wildman–Crippen LogP) is 8.12. The lowest BCUT2D eigenvalue weighted by Crippen LogP contribution is -2.48. The highest BCUT2D eigenvalue weighted by molar-refractivity contribution is 5.91. The molecule has 0 saturated heterocycles. The second kappa shape index (κ2) is 11.3. The molecule has 3 rings (SSSR count). The van der Waals surface area contributed by atoms with Crippen molar-refractivity contribution in [2.45, 2.75) is 64.3 Å². The number of carbonyl (C=O) groups is 2. The van der Waals surface area contributed by atoms with Crippen molar-refractivity contribution in [2.75, 3.05) is 18.6 Å². The Hall–Kier alpha value is -3.65. The quantitative estimate of drug-likeness (QED) is 0.333. The number of anilines is 1. The SMILES string of the molecule is CCOC(=O)N1c2c(C)cc(C(F)(F)F)cc2[C@H](N(Cc2cc(C(F)(F)F)cc(C(F)(F)F)c2)C(=O)OC)C[C@@H]1C. The van der Waals surface area contributed by atoms with E-state index in [-0.39, 0.29) is 35.9 Å². The van der Waals surface area contributed by atoms with E-state index in [0.29, 0.717) is 18.2 Å². The van der Waals surface area contributed by atoms with Gasteiger partial charge in [0.15, 0.2) is 0 Å². The molecule has 0 unspecified atom stereocenters. The van der Waals surface area contributed by atoms with Gasteiger partial charge in [-0.25, -0.2) is 9.59 Å². The molecule has 41 heavy (non-hydrogen) atoms. The number of nitrogens with zero attached hydrogens (tertiary/aromatic N) is 2. The lowest BCUT2D eigenvalue weighted by Gasteiger charge is -2.43. The van der Waals surface area contributed by atoms with Crippen LogP contribution in [0.25, 0.3) is 0 Å². The Kier molecular flexibility index (Phi) is 8.80. The predicted molar refractivity (Wildman–Crippen MR) is 127 cm³/mol. The molecule has 2 aromatic carbocycles. The van der Waals surface area contributed by atoms with Crippen LogP contribution in [0.1, 0.15) is 59.7 Å². The zero-order valence-corrected chi connectivity index (χ0v) is 22.1. The topological polar surface area (TPSA) is 59.1 Å². The fourth-order valence-electron chi connectivity index (χ4n) is 4.82. The van der Waals surface area contributed by atoms with Gasteiger partial charge in [-0.15, -0.1) is 0 Å². The summed E-state index contributed by atoms with van der Waals surface area (Å²) in [4.78, 5) is 27.5. The van der Waals surface area contributed by atoms with Crippen LogP contribution >= 0.6 is 0 Å². The number of amides is 2. The van der Waals surface area contributed by atoms with E-state index in [1.807, 2.05) is 0 Å². The van der Waals surface area contributed by atoms with Crippen LogP contribution in [-0.4, -0.2) is 36.8 Å². The molecule has 0 bridgehead atoms. The second-order valence-electron chi connectivity index (χ2n) is 9.41. The molecule has 2 atom stereocenters. The molecule has 0 aliphatic carbocycles. The van der Waals surface area contributed by atoms with Gasteiger partial charge < -0.3 is 9.47 Å². The number of aryl methyl sites for hydroxylation is 1. The molecule has 0 spiro atoms. The fraction of sp³-hybridized carbons (Fsp3) is 0.462. The van der Waals surface area contributed by atoms with Crippen molar-refractivity contribution in [2.24, 2.45) is 0 Å². The Balaban J connectivity index is 2.25. The first-order valence-corrected chi connectivity index (χ1v) is 12.1. The number of benzene rings is 2. The average molecular weight is 600 g/mol. The first-order valence-electron chi connectivity index (χ1n) is 12.1. The van der Waals surface area contributed by atoms with Gasteiger partial charge in [0, 0.05) is 12.6 Å². The van der Waals surface area contributed by atoms with Crippen LogP contribution in [0.5, 0.6) is 0 Å². The molecule has 0 aromatic heterocycles. The minimum absolute atomic E-state index is 0.0253. The number of halogens is 9. The van der Waals surface area contributed by atoms with Gasteiger partial charge in [-0.2, -0.15) is 39.5 Å². The molecular weight excluding hydrogens is 575 g/mol. The summed E-state index contributed by atoms with van der Waals surface area (Å²) in [5, 5.41) is 0. The molecule has 0 saturated carbocycles. The van der Waals surface area contributed by atoms with Gasteiger partial charge in [-0.1, -0.05) is 0 Å². The number of hydrogen-bond acceptors (Lipinski definition) is 4. The third-order valence-corrected chi connectivity index (χ3v) is 6.51. The van der Waals surface area contributed by atoms with Gasteiger partial charge in [0.2, 0.25) is 0 Å². The van der Waals surface area contributed by atoms with Crippen molar-refractivity contribution in [3.63, 3.8) is 0 Å². The summed E-state index contributed by atoms with van der Waals surface area (Å²) in [7, 11) is 0.901. The van der Waals surface area contributed by atoms with Gasteiger partial charge in [-0.05, 0) is 74.2 Å². The summed E-state index contributed by atoms with van der Waals surface area (Å²) in [6.45, 7) is 3.36. The summed E-state index contributed by atoms with van der Waals surface area (Å²) >= 11 is 0. The van der Waals surface area contributed by atoms with Gasteiger partial charge >= 0.3 is 30.7 Å². The molecule has 226 valence electrons. The van der Waals surface area contributed by atoms with E-state index in [1.54, 1.807) is 0 Å². The highest BCUT2D eigenvalue weighted by atomic mass is 19.4. The standard InChI is InChI=1S/C26H25F9N2O4/c1-5-41-23(39)37-14(3)7-20(19-11-16(24(27,28)29)6-13(2)21(19)37)36(22(38)40-4)12-15-8-17(25(30,31)32)10-18(9-15)26(33,34)35/h6,8-11,14,20H,5,7,12H2,1-4H3/t14-,20+/m0/s1. The molecule has 1 aliphatic heterocycles. The number of rotatable bonds is 4. The summed E-state index contributed by atoms with van der Waals surface area (Å²) in [6.07, 6.45) is -17.6. The van der Waals surface area contributed by atoms with Crippen molar-refractivity contribution in [3.8, 4) is 0 Å². The monoisotopic (exact) mass is 600 g/mol. The zero-order valence-electron chi connectivity index (χ0n) is 22.1. The highest BCUT2D eigenvalue weighted by Gasteiger charge is 2.43. The minimum Gasteiger partial charge on any atom is -0.453 e. The van der Waals surface area contributed by atoms with Crippen molar-refractivity contribution in [3.05, 3.63) is 63.7 Å². The Morgan fingerprint density at radius 3 is 1.88 bits per heavy atom. The molecule has 15 heteroatoms. The van der Waals surface area contributed by atoms with E-state index in [1.165, 1.54) is 20.8 Å². The Bertz CT molecular complexity index is 1270. The van der Waals surface area contributed by atoms with Crippen molar-refractivity contribution < 1.29 is 58.6 Å². The van der Waals surface area contributed by atoms with Crippen LogP contribution in [-0.2, 0) is 34.5 Å². The maximum atomic E-state index is 13.8. The second-order valence-corrected chi connectivity index (χ2v) is 9.41. The van der Waals surface area contributed by atoms with E-state index in [4.69, 9.17) is 9.47 Å². The van der Waals surface area contributed by atoms with Crippen molar-refractivity contribution in [1.82, 2.24) is 4.90 Å². The lowest BCUT2D eigenvalue weighted by atomic mass is 9.87. The summed E-state index contributed by atoms with van der Waals surface area (Å²) in [6, 6.07) is 0.0605. The molecule has 2 aromatic rings. The van der Waals surface area contributed by atoms with Crippen LogP contribution in [0.4, 0.5) is 54.8 Å². The highest BCUT2D eigenvalue weighted by Crippen LogP contribution is 2.46. The molecule has 0 N–H and O–H groups in total. The molecule has 1 heterocycles. The zero-order chi connectivity index (χ0) is 31.1. The Morgan fingerprint density at radius 1 is 0.902 bits per heavy atom. The van der Waals surface area contributed by atoms with Gasteiger partial charge in [0.1, 0.15) is 0 Å². The molecule has 6 nitrogen and oxygen atoms in total. The van der Waals surface area contributed by atoms with E-state index < -0.39 is 71.6 Å². The average Bonchev–Trinajstić information content (AvgIpc) is 2.85. The van der Waals surface area contributed by atoms with Crippen molar-refractivity contribution >= 4 is 17.9 Å². The smallest absolute Gasteiger partial charge is 0.416 e. The van der Waals surface area contributed by atoms with Gasteiger partial charge in [-0.3, -0.25) is 9.80 Å². The first kappa shape index (κ1) is 31.9. The number of ether oxygens (including phenoxy) is 2. The van der Waals surface area contributed by atoms with E-state index in [9.17, 15) is 49.1 Å². The number of hydrogen-bond donors (Lipinski definition) is 0. The third kappa shape index (κ3) is 6.81. The van der Waals surface area contributed by atoms with Crippen LogP contribution in [0.3, 0.4) is 0 Å². The minimum atomic E-state index is -5.17. The summed E-state index contributed by atoms with van der Waals surface area (Å²) in [5.74, 6) is 0. The molecule has 0 fully saturated rings. The molecule has 1 aliphatic rings. The number of fused-ring (bicyclic) bond motifs is 1. The van der Waals surface area contributed by atoms with Crippen LogP contribution in [0, 0.1) is 6.92 Å².